The van der Waals surface area contributed by atoms with Crippen molar-refractivity contribution < 1.29 is 8.42 Å². The van der Waals surface area contributed by atoms with E-state index in [1.807, 2.05) is 6.92 Å². The van der Waals surface area contributed by atoms with Gasteiger partial charge in [0.25, 0.3) is 0 Å². The molecule has 0 unspecified atom stereocenters. The van der Waals surface area contributed by atoms with Crippen molar-refractivity contribution in [3.05, 3.63) is 28.7 Å². The highest BCUT2D eigenvalue weighted by Gasteiger charge is 2.29. The summed E-state index contributed by atoms with van der Waals surface area (Å²) in [6, 6.07) is 0. The Bertz CT molecular complexity index is 847. The minimum absolute atomic E-state index is 0.182. The van der Waals surface area contributed by atoms with Crippen molar-refractivity contribution in [2.24, 2.45) is 7.05 Å². The molecule has 120 valence electrons. The van der Waals surface area contributed by atoms with Crippen LogP contribution in [0.15, 0.2) is 22.1 Å². The Balaban J connectivity index is 1.86. The molecule has 3 rings (SSSR count). The average molecular weight is 326 g/mol. The molecule has 0 N–H and O–H groups in total. The lowest BCUT2D eigenvalue weighted by atomic mass is 10.4. The van der Waals surface area contributed by atoms with Crippen LogP contribution in [-0.4, -0.2) is 49.9 Å². The maximum absolute atomic E-state index is 12.7. The van der Waals surface area contributed by atoms with Crippen LogP contribution < -0.4 is 5.69 Å². The molecule has 9 nitrogen and oxygen atoms in total. The van der Waals surface area contributed by atoms with Crippen LogP contribution in [0.1, 0.15) is 12.7 Å². The number of aryl methyl sites for hydroxylation is 2. The summed E-state index contributed by atoms with van der Waals surface area (Å²) in [6.45, 7) is 3.36. The molecular formula is C12H18N6O3S. The van der Waals surface area contributed by atoms with Crippen LogP contribution >= 0.6 is 0 Å². The first kappa shape index (κ1) is 15.0. The third kappa shape index (κ3) is 2.37. The molecule has 0 fully saturated rings. The molecule has 1 aliphatic rings. The lowest BCUT2D eigenvalue weighted by Crippen LogP contribution is -2.34. The zero-order chi connectivity index (χ0) is 15.9. The molecule has 0 radical (unpaired) electrons. The summed E-state index contributed by atoms with van der Waals surface area (Å²) in [5.74, 6) is 0.620. The Hall–Kier alpha value is -1.94. The quantitative estimate of drug-likeness (QED) is 0.724. The van der Waals surface area contributed by atoms with Crippen molar-refractivity contribution in [2.45, 2.75) is 31.3 Å². The van der Waals surface area contributed by atoms with Crippen molar-refractivity contribution >= 4 is 10.0 Å². The highest BCUT2D eigenvalue weighted by Crippen LogP contribution is 2.17. The molecule has 0 atom stereocenters. The first-order chi connectivity index (χ1) is 10.4. The smallest absolute Gasteiger partial charge is 0.278 e. The summed E-state index contributed by atoms with van der Waals surface area (Å²) in [6.07, 6.45) is 3.30. The van der Waals surface area contributed by atoms with Crippen molar-refractivity contribution in [1.82, 2.24) is 28.4 Å². The molecular weight excluding hydrogens is 308 g/mol. The van der Waals surface area contributed by atoms with Crippen molar-refractivity contribution in [3.63, 3.8) is 0 Å². The summed E-state index contributed by atoms with van der Waals surface area (Å²) in [5.41, 5.74) is -0.215. The Labute approximate surface area is 127 Å². The number of hydrogen-bond acceptors (Lipinski definition) is 5. The van der Waals surface area contributed by atoms with Crippen LogP contribution in [0, 0.1) is 0 Å². The number of fused-ring (bicyclic) bond motifs is 1. The lowest BCUT2D eigenvalue weighted by Gasteiger charge is -2.18. The number of aromatic nitrogens is 5. The van der Waals surface area contributed by atoms with Crippen LogP contribution in [0.4, 0.5) is 0 Å². The van der Waals surface area contributed by atoms with E-state index < -0.39 is 10.0 Å². The minimum Gasteiger partial charge on any atom is -0.278 e. The van der Waals surface area contributed by atoms with Gasteiger partial charge in [0.2, 0.25) is 10.0 Å². The molecule has 0 spiro atoms. The number of rotatable bonds is 3. The Morgan fingerprint density at radius 2 is 2.05 bits per heavy atom. The van der Waals surface area contributed by atoms with Crippen LogP contribution in [-0.2, 0) is 36.6 Å². The summed E-state index contributed by atoms with van der Waals surface area (Å²) < 4.78 is 31.1. The summed E-state index contributed by atoms with van der Waals surface area (Å²) in [4.78, 5) is 12.1. The molecule has 3 heterocycles. The fourth-order valence-corrected chi connectivity index (χ4v) is 3.94. The van der Waals surface area contributed by atoms with E-state index in [0.29, 0.717) is 31.9 Å². The molecule has 0 saturated heterocycles. The summed E-state index contributed by atoms with van der Waals surface area (Å²) in [7, 11) is -2.00. The zero-order valence-corrected chi connectivity index (χ0v) is 13.3. The third-order valence-electron chi connectivity index (χ3n) is 3.81. The SMILES string of the molecule is CCn1cc(S(=O)(=O)N2CCc3nn(C)c(=O)n3CC2)cn1. The molecule has 2 aromatic rings. The van der Waals surface area contributed by atoms with Crippen molar-refractivity contribution in [2.75, 3.05) is 13.1 Å². The largest absolute Gasteiger partial charge is 0.345 e. The van der Waals surface area contributed by atoms with Gasteiger partial charge in [0.15, 0.2) is 0 Å². The van der Waals surface area contributed by atoms with Gasteiger partial charge < -0.3 is 0 Å². The fourth-order valence-electron chi connectivity index (χ4n) is 2.55. The molecule has 2 aromatic heterocycles. The number of sulfonamides is 1. The standard InChI is InChI=1S/C12H18N6O3S/c1-3-16-9-10(8-13-16)22(20,21)17-5-4-11-14-15(2)12(19)18(11)7-6-17/h8-9H,3-7H2,1-2H3. The summed E-state index contributed by atoms with van der Waals surface area (Å²) >= 11 is 0. The molecule has 0 amide bonds. The first-order valence-corrected chi connectivity index (χ1v) is 8.53. The van der Waals surface area contributed by atoms with E-state index >= 15 is 0 Å². The molecule has 0 aliphatic carbocycles. The predicted molar refractivity (Wildman–Crippen MR) is 77.8 cm³/mol. The highest BCUT2D eigenvalue weighted by atomic mass is 32.2. The van der Waals surface area contributed by atoms with Gasteiger partial charge in [-0.2, -0.15) is 14.5 Å². The second-order valence-corrected chi connectivity index (χ2v) is 7.10. The van der Waals surface area contributed by atoms with Gasteiger partial charge >= 0.3 is 5.69 Å². The topological polar surface area (TPSA) is 95.0 Å². The third-order valence-corrected chi connectivity index (χ3v) is 5.67. The predicted octanol–water partition coefficient (Wildman–Crippen LogP) is -0.955. The van der Waals surface area contributed by atoms with E-state index in [1.54, 1.807) is 11.7 Å². The van der Waals surface area contributed by atoms with Crippen LogP contribution in [0.3, 0.4) is 0 Å². The van der Waals surface area contributed by atoms with Crippen molar-refractivity contribution in [3.8, 4) is 0 Å². The van der Waals surface area contributed by atoms with E-state index in [0.717, 1.165) is 0 Å². The Morgan fingerprint density at radius 1 is 1.27 bits per heavy atom. The summed E-state index contributed by atoms with van der Waals surface area (Å²) in [5, 5.41) is 8.16. The average Bonchev–Trinajstić information content (AvgIpc) is 3.00. The van der Waals surface area contributed by atoms with Gasteiger partial charge in [-0.05, 0) is 6.92 Å². The van der Waals surface area contributed by atoms with Gasteiger partial charge in [-0.15, -0.1) is 0 Å². The highest BCUT2D eigenvalue weighted by molar-refractivity contribution is 7.89. The maximum Gasteiger partial charge on any atom is 0.345 e. The second-order valence-electron chi connectivity index (χ2n) is 5.16. The van der Waals surface area contributed by atoms with E-state index in [2.05, 4.69) is 10.2 Å². The Morgan fingerprint density at radius 3 is 2.73 bits per heavy atom. The second kappa shape index (κ2) is 5.36. The van der Waals surface area contributed by atoms with Gasteiger partial charge in [-0.1, -0.05) is 0 Å². The zero-order valence-electron chi connectivity index (χ0n) is 12.5. The van der Waals surface area contributed by atoms with Crippen LogP contribution in [0.25, 0.3) is 0 Å². The van der Waals surface area contributed by atoms with E-state index in [9.17, 15) is 13.2 Å². The molecule has 0 aromatic carbocycles. The number of nitrogens with zero attached hydrogens (tertiary/aromatic N) is 6. The van der Waals surface area contributed by atoms with Gasteiger partial charge in [0.1, 0.15) is 10.7 Å². The normalized spacial score (nSPS) is 16.5. The molecule has 0 bridgehead atoms. The van der Waals surface area contributed by atoms with Crippen LogP contribution in [0.5, 0.6) is 0 Å². The molecule has 22 heavy (non-hydrogen) atoms. The van der Waals surface area contributed by atoms with Crippen LogP contribution in [0.2, 0.25) is 0 Å². The first-order valence-electron chi connectivity index (χ1n) is 7.09. The Kier molecular flexibility index (Phi) is 3.65. The van der Waals surface area contributed by atoms with Gasteiger partial charge in [-0.3, -0.25) is 9.25 Å². The lowest BCUT2D eigenvalue weighted by molar-refractivity contribution is 0.411. The number of hydrogen-bond donors (Lipinski definition) is 0. The van der Waals surface area contributed by atoms with E-state index in [-0.39, 0.29) is 17.1 Å². The molecule has 10 heteroatoms. The fraction of sp³-hybridized carbons (Fsp3) is 0.583. The van der Waals surface area contributed by atoms with Gasteiger partial charge in [0, 0.05) is 45.8 Å². The molecule has 0 saturated carbocycles. The van der Waals surface area contributed by atoms with E-state index in [1.165, 1.54) is 25.9 Å². The molecule has 1 aliphatic heterocycles. The minimum atomic E-state index is -3.59. The maximum atomic E-state index is 12.7. The van der Waals surface area contributed by atoms with Gasteiger partial charge in [0.05, 0.1) is 6.20 Å². The monoisotopic (exact) mass is 326 g/mol. The van der Waals surface area contributed by atoms with E-state index in [4.69, 9.17) is 0 Å². The van der Waals surface area contributed by atoms with Crippen molar-refractivity contribution in [1.29, 1.82) is 0 Å². The van der Waals surface area contributed by atoms with Gasteiger partial charge in [-0.25, -0.2) is 17.9 Å².